The third kappa shape index (κ3) is 3.57. The maximum Gasteiger partial charge on any atom is 0.0594 e. The van der Waals surface area contributed by atoms with E-state index in [2.05, 4.69) is 42.0 Å². The molecule has 3 nitrogen and oxygen atoms in total. The average Bonchev–Trinajstić information content (AvgIpc) is 2.78. The first-order valence-corrected chi connectivity index (χ1v) is 8.27. The summed E-state index contributed by atoms with van der Waals surface area (Å²) in [6.07, 6.45) is 1.25. The average molecular weight is 281 g/mol. The molecule has 1 fully saturated rings. The number of piperazine rings is 1. The summed E-state index contributed by atoms with van der Waals surface area (Å²) in [7, 11) is 0. The normalized spacial score (nSPS) is 21.5. The molecule has 2 N–H and O–H groups in total. The highest BCUT2D eigenvalue weighted by molar-refractivity contribution is 7.10. The van der Waals surface area contributed by atoms with Crippen LogP contribution < -0.4 is 5.73 Å². The zero-order valence-electron chi connectivity index (χ0n) is 12.4. The quantitative estimate of drug-likeness (QED) is 0.900. The first-order valence-electron chi connectivity index (χ1n) is 7.39. The zero-order chi connectivity index (χ0) is 13.8. The van der Waals surface area contributed by atoms with Crippen molar-refractivity contribution < 1.29 is 0 Å². The van der Waals surface area contributed by atoms with Gasteiger partial charge < -0.3 is 10.6 Å². The molecular weight excluding hydrogens is 254 g/mol. The van der Waals surface area contributed by atoms with E-state index in [1.54, 1.807) is 0 Å². The summed E-state index contributed by atoms with van der Waals surface area (Å²) in [6, 6.07) is 2.79. The van der Waals surface area contributed by atoms with E-state index in [1.165, 1.54) is 36.5 Å². The Morgan fingerprint density at radius 1 is 1.32 bits per heavy atom. The largest absolute Gasteiger partial charge is 0.326 e. The maximum absolute atomic E-state index is 6.27. The molecule has 1 aliphatic rings. The van der Waals surface area contributed by atoms with E-state index in [4.69, 9.17) is 5.73 Å². The van der Waals surface area contributed by atoms with Gasteiger partial charge in [-0.3, -0.25) is 4.90 Å². The van der Waals surface area contributed by atoms with Crippen LogP contribution in [0.15, 0.2) is 11.4 Å². The van der Waals surface area contributed by atoms with Gasteiger partial charge in [0.25, 0.3) is 0 Å². The predicted molar refractivity (Wildman–Crippen MR) is 83.8 cm³/mol. The summed E-state index contributed by atoms with van der Waals surface area (Å²) in [5.41, 5.74) is 7.66. The summed E-state index contributed by atoms with van der Waals surface area (Å²) in [6.45, 7) is 12.5. The lowest BCUT2D eigenvalue weighted by Crippen LogP contribution is -2.50. The number of nitrogens with two attached hydrogens (primary N) is 1. The molecule has 1 aliphatic heterocycles. The van der Waals surface area contributed by atoms with Crippen molar-refractivity contribution >= 4 is 11.3 Å². The summed E-state index contributed by atoms with van der Waals surface area (Å²) in [5, 5.41) is 2.19. The van der Waals surface area contributed by atoms with Crippen LogP contribution in [0.3, 0.4) is 0 Å². The molecule has 0 radical (unpaired) electrons. The van der Waals surface area contributed by atoms with Gasteiger partial charge in [0.2, 0.25) is 0 Å². The van der Waals surface area contributed by atoms with Gasteiger partial charge in [0.05, 0.1) is 6.04 Å². The summed E-state index contributed by atoms with van der Waals surface area (Å²) in [4.78, 5) is 6.60. The number of rotatable bonds is 5. The van der Waals surface area contributed by atoms with Crippen LogP contribution in [0, 0.1) is 6.92 Å². The molecule has 0 spiro atoms. The van der Waals surface area contributed by atoms with Crippen molar-refractivity contribution in [2.75, 3.05) is 32.7 Å². The molecule has 0 amide bonds. The minimum atomic E-state index is 0.190. The molecular formula is C15H27N3S. The summed E-state index contributed by atoms with van der Waals surface area (Å²) in [5.74, 6) is 0. The third-order valence-corrected chi connectivity index (χ3v) is 5.10. The molecule has 0 bridgehead atoms. The molecule has 0 aromatic carbocycles. The minimum absolute atomic E-state index is 0.190. The van der Waals surface area contributed by atoms with E-state index in [9.17, 15) is 0 Å². The standard InChI is InChI=1S/C15H27N3S/c1-4-6-17-7-9-18(10-8-17)14(13(3)16)15-12(2)5-11-19-15/h5,11,13-14H,4,6-10,16H2,1-3H3. The van der Waals surface area contributed by atoms with Crippen molar-refractivity contribution in [1.29, 1.82) is 0 Å². The second-order valence-corrected chi connectivity index (χ2v) is 6.60. The van der Waals surface area contributed by atoms with E-state index in [0.717, 1.165) is 13.1 Å². The van der Waals surface area contributed by atoms with Gasteiger partial charge >= 0.3 is 0 Å². The van der Waals surface area contributed by atoms with Gasteiger partial charge in [0.15, 0.2) is 0 Å². The SMILES string of the molecule is CCCN1CCN(C(c2sccc2C)C(C)N)CC1. The van der Waals surface area contributed by atoms with E-state index in [-0.39, 0.29) is 6.04 Å². The van der Waals surface area contributed by atoms with Gasteiger partial charge in [-0.05, 0) is 43.8 Å². The maximum atomic E-state index is 6.27. The Morgan fingerprint density at radius 3 is 2.47 bits per heavy atom. The highest BCUT2D eigenvalue weighted by Crippen LogP contribution is 2.31. The molecule has 0 aliphatic carbocycles. The second-order valence-electron chi connectivity index (χ2n) is 5.65. The van der Waals surface area contributed by atoms with Crippen LogP contribution in [0.25, 0.3) is 0 Å². The molecule has 1 saturated heterocycles. The molecule has 2 heterocycles. The van der Waals surface area contributed by atoms with Crippen LogP contribution in [0.1, 0.15) is 36.8 Å². The molecule has 2 atom stereocenters. The van der Waals surface area contributed by atoms with Crippen LogP contribution >= 0.6 is 11.3 Å². The molecule has 4 heteroatoms. The van der Waals surface area contributed by atoms with Crippen molar-refractivity contribution in [2.24, 2.45) is 5.73 Å². The van der Waals surface area contributed by atoms with E-state index >= 15 is 0 Å². The van der Waals surface area contributed by atoms with E-state index < -0.39 is 0 Å². The smallest absolute Gasteiger partial charge is 0.0594 e. The van der Waals surface area contributed by atoms with Gasteiger partial charge in [0.1, 0.15) is 0 Å². The molecule has 2 rings (SSSR count). The first kappa shape index (κ1) is 15.0. The van der Waals surface area contributed by atoms with Crippen LogP contribution in [0.4, 0.5) is 0 Å². The molecule has 108 valence electrons. The Morgan fingerprint density at radius 2 is 2.00 bits per heavy atom. The lowest BCUT2D eigenvalue weighted by molar-refractivity contribution is 0.0880. The summed E-state index contributed by atoms with van der Waals surface area (Å²) >= 11 is 1.86. The molecule has 2 unspecified atom stereocenters. The van der Waals surface area contributed by atoms with Gasteiger partial charge in [-0.1, -0.05) is 6.92 Å². The van der Waals surface area contributed by atoms with Crippen LogP contribution in [0.2, 0.25) is 0 Å². The van der Waals surface area contributed by atoms with Gasteiger partial charge in [-0.25, -0.2) is 0 Å². The Labute approximate surface area is 121 Å². The highest BCUT2D eigenvalue weighted by atomic mass is 32.1. The fraction of sp³-hybridized carbons (Fsp3) is 0.733. The monoisotopic (exact) mass is 281 g/mol. The van der Waals surface area contributed by atoms with Crippen LogP contribution in [-0.2, 0) is 0 Å². The molecule has 0 saturated carbocycles. The van der Waals surface area contributed by atoms with Gasteiger partial charge in [-0.15, -0.1) is 11.3 Å². The topological polar surface area (TPSA) is 32.5 Å². The first-order chi connectivity index (χ1) is 9.13. The molecule has 1 aromatic rings. The predicted octanol–water partition coefficient (Wildman–Crippen LogP) is 2.47. The lowest BCUT2D eigenvalue weighted by Gasteiger charge is -2.40. The Balaban J connectivity index is 2.04. The number of nitrogens with zero attached hydrogens (tertiary/aromatic N) is 2. The number of hydrogen-bond donors (Lipinski definition) is 1. The minimum Gasteiger partial charge on any atom is -0.326 e. The molecule has 19 heavy (non-hydrogen) atoms. The lowest BCUT2D eigenvalue weighted by atomic mass is 10.0. The van der Waals surface area contributed by atoms with Crippen molar-refractivity contribution in [3.63, 3.8) is 0 Å². The van der Waals surface area contributed by atoms with Crippen molar-refractivity contribution in [3.05, 3.63) is 21.9 Å². The fourth-order valence-corrected chi connectivity index (χ4v) is 4.18. The van der Waals surface area contributed by atoms with Crippen molar-refractivity contribution in [2.45, 2.75) is 39.3 Å². The Bertz CT molecular complexity index is 380. The Hall–Kier alpha value is -0.420. The number of thiophene rings is 1. The van der Waals surface area contributed by atoms with Crippen LogP contribution in [0.5, 0.6) is 0 Å². The zero-order valence-corrected chi connectivity index (χ0v) is 13.2. The van der Waals surface area contributed by atoms with Crippen LogP contribution in [-0.4, -0.2) is 48.6 Å². The number of hydrogen-bond acceptors (Lipinski definition) is 4. The van der Waals surface area contributed by atoms with Crippen molar-refractivity contribution in [1.82, 2.24) is 9.80 Å². The van der Waals surface area contributed by atoms with E-state index in [0.29, 0.717) is 6.04 Å². The summed E-state index contributed by atoms with van der Waals surface area (Å²) < 4.78 is 0. The fourth-order valence-electron chi connectivity index (χ4n) is 3.01. The molecule has 1 aromatic heterocycles. The second kappa shape index (κ2) is 6.84. The number of aryl methyl sites for hydroxylation is 1. The van der Waals surface area contributed by atoms with E-state index in [1.807, 2.05) is 11.3 Å². The van der Waals surface area contributed by atoms with Gasteiger partial charge in [-0.2, -0.15) is 0 Å². The third-order valence-electron chi connectivity index (χ3n) is 4.01. The van der Waals surface area contributed by atoms with Crippen molar-refractivity contribution in [3.8, 4) is 0 Å². The highest BCUT2D eigenvalue weighted by Gasteiger charge is 2.29. The van der Waals surface area contributed by atoms with Gasteiger partial charge in [0, 0.05) is 37.1 Å². The Kier molecular flexibility index (Phi) is 5.39.